The smallest absolute Gasteiger partial charge is 0.412 e. The van der Waals surface area contributed by atoms with Gasteiger partial charge in [0.05, 0.1) is 37.8 Å². The summed E-state index contributed by atoms with van der Waals surface area (Å²) in [4.78, 5) is 25.2. The van der Waals surface area contributed by atoms with Crippen LogP contribution in [0, 0.1) is 0 Å². The highest BCUT2D eigenvalue weighted by Crippen LogP contribution is 2.39. The molecule has 12 heteroatoms. The second-order valence-corrected chi connectivity index (χ2v) is 8.73. The van der Waals surface area contributed by atoms with Crippen molar-refractivity contribution in [1.82, 2.24) is 9.88 Å². The van der Waals surface area contributed by atoms with Crippen LogP contribution in [0.4, 0.5) is 13.2 Å². The van der Waals surface area contributed by atoms with Gasteiger partial charge in [-0.25, -0.2) is 4.79 Å². The van der Waals surface area contributed by atoms with Crippen LogP contribution in [0.2, 0.25) is 20.1 Å². The number of nitrogens with one attached hydrogen (secondary N) is 1. The SMILES string of the molecule is CCOC(=O)c1cc2cc(C(=O)NC(c3cc(Cl)c(Cl)c(Cl)c3)C(F)(F)F)n(CC)c2cc1Cl. The Morgan fingerprint density at radius 3 is 2.15 bits per heavy atom. The van der Waals surface area contributed by atoms with Crippen molar-refractivity contribution in [3.63, 3.8) is 0 Å². The summed E-state index contributed by atoms with van der Waals surface area (Å²) in [6, 6.07) is 3.85. The number of carbonyl (C=O) groups is 2. The van der Waals surface area contributed by atoms with Gasteiger partial charge in [0.25, 0.3) is 5.91 Å². The summed E-state index contributed by atoms with van der Waals surface area (Å²) in [5.41, 5.74) is 0.101. The van der Waals surface area contributed by atoms with E-state index in [2.05, 4.69) is 0 Å². The first-order valence-electron chi connectivity index (χ1n) is 9.90. The third kappa shape index (κ3) is 5.25. The van der Waals surface area contributed by atoms with Gasteiger partial charge in [0.1, 0.15) is 5.69 Å². The maximum absolute atomic E-state index is 13.9. The Hall–Kier alpha value is -2.13. The highest BCUT2D eigenvalue weighted by atomic mass is 35.5. The lowest BCUT2D eigenvalue weighted by molar-refractivity contribution is -0.155. The minimum Gasteiger partial charge on any atom is -0.462 e. The van der Waals surface area contributed by atoms with Crippen LogP contribution in [0.1, 0.15) is 46.3 Å². The van der Waals surface area contributed by atoms with Crippen molar-refractivity contribution in [3.8, 4) is 0 Å². The van der Waals surface area contributed by atoms with E-state index in [1.165, 1.54) is 22.8 Å². The molecule has 34 heavy (non-hydrogen) atoms. The van der Waals surface area contributed by atoms with E-state index in [1.54, 1.807) is 13.8 Å². The highest BCUT2D eigenvalue weighted by molar-refractivity contribution is 6.48. The Kier molecular flexibility index (Phi) is 7.97. The van der Waals surface area contributed by atoms with Gasteiger partial charge < -0.3 is 14.6 Å². The number of nitrogens with zero attached hydrogens (tertiary/aromatic N) is 1. The lowest BCUT2D eigenvalue weighted by atomic mass is 10.1. The van der Waals surface area contributed by atoms with Crippen LogP contribution < -0.4 is 5.32 Å². The number of aromatic nitrogens is 1. The van der Waals surface area contributed by atoms with Crippen molar-refractivity contribution in [1.29, 1.82) is 0 Å². The van der Waals surface area contributed by atoms with Crippen molar-refractivity contribution in [2.24, 2.45) is 0 Å². The van der Waals surface area contributed by atoms with Crippen LogP contribution in [-0.4, -0.2) is 29.2 Å². The number of rotatable bonds is 6. The van der Waals surface area contributed by atoms with Crippen LogP contribution in [-0.2, 0) is 11.3 Å². The number of halogens is 7. The van der Waals surface area contributed by atoms with Crippen molar-refractivity contribution in [2.45, 2.75) is 32.6 Å². The third-order valence-corrected chi connectivity index (χ3v) is 6.49. The van der Waals surface area contributed by atoms with Crippen LogP contribution in [0.3, 0.4) is 0 Å². The van der Waals surface area contributed by atoms with Crippen LogP contribution in [0.5, 0.6) is 0 Å². The predicted molar refractivity (Wildman–Crippen MR) is 126 cm³/mol. The van der Waals surface area contributed by atoms with Crippen LogP contribution >= 0.6 is 46.4 Å². The van der Waals surface area contributed by atoms with Gasteiger partial charge in [-0.2, -0.15) is 13.2 Å². The Morgan fingerprint density at radius 2 is 1.62 bits per heavy atom. The summed E-state index contributed by atoms with van der Waals surface area (Å²) < 4.78 is 48.1. The van der Waals surface area contributed by atoms with E-state index in [-0.39, 0.29) is 50.1 Å². The molecule has 0 saturated heterocycles. The summed E-state index contributed by atoms with van der Waals surface area (Å²) in [6.45, 7) is 3.73. The van der Waals surface area contributed by atoms with E-state index in [0.29, 0.717) is 10.9 Å². The molecular weight excluding hydrogens is 539 g/mol. The summed E-state index contributed by atoms with van der Waals surface area (Å²) in [5, 5.41) is 2.06. The maximum atomic E-state index is 13.9. The monoisotopic (exact) mass is 554 g/mol. The number of ether oxygens (including phenoxy) is 1. The number of hydrogen-bond acceptors (Lipinski definition) is 3. The van der Waals surface area contributed by atoms with Crippen LogP contribution in [0.25, 0.3) is 10.9 Å². The van der Waals surface area contributed by atoms with Crippen molar-refractivity contribution in [3.05, 3.63) is 67.2 Å². The molecule has 0 saturated carbocycles. The number of esters is 1. The molecule has 1 atom stereocenters. The molecule has 0 bridgehead atoms. The van der Waals surface area contributed by atoms with Crippen molar-refractivity contribution < 1.29 is 27.5 Å². The Bertz CT molecular complexity index is 1250. The molecule has 182 valence electrons. The van der Waals surface area contributed by atoms with Gasteiger partial charge >= 0.3 is 12.1 Å². The van der Waals surface area contributed by atoms with Crippen LogP contribution in [0.15, 0.2) is 30.3 Å². The number of fused-ring (bicyclic) bond motifs is 1. The first-order chi connectivity index (χ1) is 15.9. The van der Waals surface area contributed by atoms with E-state index in [9.17, 15) is 22.8 Å². The fraction of sp³-hybridized carbons (Fsp3) is 0.273. The summed E-state index contributed by atoms with van der Waals surface area (Å²) in [7, 11) is 0. The molecular formula is C22H17Cl4F3N2O3. The van der Waals surface area contributed by atoms with Gasteiger partial charge in [-0.15, -0.1) is 0 Å². The number of carbonyl (C=O) groups excluding carboxylic acids is 2. The largest absolute Gasteiger partial charge is 0.462 e. The second kappa shape index (κ2) is 10.2. The molecule has 0 fully saturated rings. The van der Waals surface area contributed by atoms with Gasteiger partial charge in [-0.1, -0.05) is 46.4 Å². The molecule has 0 spiro atoms. The molecule has 5 nitrogen and oxygen atoms in total. The summed E-state index contributed by atoms with van der Waals surface area (Å²) in [5.74, 6) is -1.66. The van der Waals surface area contributed by atoms with E-state index < -0.39 is 24.1 Å². The standard InChI is InChI=1S/C22H17Cl4F3N2O3/c1-3-31-16-9-13(23)12(21(33)34-4-2)5-10(16)8-17(31)20(32)30-19(22(27,28)29)11-6-14(24)18(26)15(25)7-11/h5-9,19H,3-4H2,1-2H3,(H,30,32). The van der Waals surface area contributed by atoms with E-state index in [4.69, 9.17) is 51.1 Å². The number of hydrogen-bond donors (Lipinski definition) is 1. The van der Waals surface area contributed by atoms with Gasteiger partial charge in [0.15, 0.2) is 6.04 Å². The zero-order chi connectivity index (χ0) is 25.4. The molecule has 0 aliphatic heterocycles. The minimum absolute atomic E-state index is 0.0602. The zero-order valence-corrected chi connectivity index (χ0v) is 20.7. The first kappa shape index (κ1) is 26.5. The van der Waals surface area contributed by atoms with Gasteiger partial charge in [0, 0.05) is 11.9 Å². The summed E-state index contributed by atoms with van der Waals surface area (Å²) >= 11 is 23.9. The minimum atomic E-state index is -4.86. The second-order valence-electron chi connectivity index (χ2n) is 7.13. The number of benzene rings is 2. The number of alkyl halides is 3. The molecule has 0 aliphatic rings. The third-order valence-electron chi connectivity index (χ3n) is 4.98. The quantitative estimate of drug-likeness (QED) is 0.253. The molecule has 1 unspecified atom stereocenters. The molecule has 1 N–H and O–H groups in total. The normalized spacial score (nSPS) is 12.6. The Labute approximate surface area is 212 Å². The van der Waals surface area contributed by atoms with Crippen molar-refractivity contribution >= 4 is 69.2 Å². The predicted octanol–water partition coefficient (Wildman–Crippen LogP) is 7.48. The maximum Gasteiger partial charge on any atom is 0.412 e. The van der Waals surface area contributed by atoms with Gasteiger partial charge in [-0.3, -0.25) is 4.79 Å². The lowest BCUT2D eigenvalue weighted by Gasteiger charge is -2.23. The van der Waals surface area contributed by atoms with E-state index in [0.717, 1.165) is 12.1 Å². The number of aryl methyl sites for hydroxylation is 1. The molecule has 0 aliphatic carbocycles. The average Bonchev–Trinajstić information content (AvgIpc) is 3.11. The van der Waals surface area contributed by atoms with E-state index >= 15 is 0 Å². The van der Waals surface area contributed by atoms with Gasteiger partial charge in [0.2, 0.25) is 0 Å². The average molecular weight is 556 g/mol. The highest BCUT2D eigenvalue weighted by Gasteiger charge is 2.43. The lowest BCUT2D eigenvalue weighted by Crippen LogP contribution is -2.38. The topological polar surface area (TPSA) is 60.3 Å². The molecule has 3 aromatic rings. The fourth-order valence-electron chi connectivity index (χ4n) is 3.48. The molecule has 1 amide bonds. The molecule has 3 rings (SSSR count). The fourth-order valence-corrected chi connectivity index (χ4v) is 4.33. The zero-order valence-electron chi connectivity index (χ0n) is 17.7. The van der Waals surface area contributed by atoms with E-state index in [1.807, 2.05) is 5.32 Å². The molecule has 1 aromatic heterocycles. The van der Waals surface area contributed by atoms with Gasteiger partial charge in [-0.05, 0) is 49.7 Å². The summed E-state index contributed by atoms with van der Waals surface area (Å²) in [6.07, 6.45) is -4.86. The van der Waals surface area contributed by atoms with Crippen molar-refractivity contribution in [2.75, 3.05) is 6.61 Å². The number of amides is 1. The Morgan fingerprint density at radius 1 is 1.00 bits per heavy atom. The first-order valence-corrected chi connectivity index (χ1v) is 11.4. The molecule has 0 radical (unpaired) electrons. The molecule has 1 heterocycles. The Balaban J connectivity index is 2.06. The molecule has 2 aromatic carbocycles.